The van der Waals surface area contributed by atoms with Crippen LogP contribution in [0.3, 0.4) is 0 Å². The van der Waals surface area contributed by atoms with Crippen LogP contribution in [0.4, 0.5) is 0 Å². The fourth-order valence-electron chi connectivity index (χ4n) is 1.01. The van der Waals surface area contributed by atoms with Gasteiger partial charge in [-0.15, -0.1) is 0 Å². The van der Waals surface area contributed by atoms with Crippen molar-refractivity contribution in [3.05, 3.63) is 30.1 Å². The molecule has 0 fully saturated rings. The largest absolute Gasteiger partial charge is 1.00 e. The van der Waals surface area contributed by atoms with Gasteiger partial charge in [0.2, 0.25) is 0 Å². The molecule has 0 radical (unpaired) electrons. The summed E-state index contributed by atoms with van der Waals surface area (Å²) in [5.74, 6) is 0. The lowest BCUT2D eigenvalue weighted by molar-refractivity contribution is -0.699. The highest BCUT2D eigenvalue weighted by atomic mass is 79.9. The lowest BCUT2D eigenvalue weighted by Gasteiger charge is -1.93. The van der Waals surface area contributed by atoms with Gasteiger partial charge in [0.25, 0.3) is 5.69 Å². The van der Waals surface area contributed by atoms with Crippen LogP contribution >= 0.6 is 0 Å². The van der Waals surface area contributed by atoms with Gasteiger partial charge in [-0.3, -0.25) is 0 Å². The second-order valence-electron chi connectivity index (χ2n) is 2.39. The SMILES string of the molecule is CCC[n+]1ccccc1C#N.[Br-]. The average molecular weight is 227 g/mol. The minimum atomic E-state index is 0. The molecule has 0 atom stereocenters. The first-order valence-corrected chi connectivity index (χ1v) is 3.77. The van der Waals surface area contributed by atoms with E-state index in [2.05, 4.69) is 13.0 Å². The van der Waals surface area contributed by atoms with Crippen molar-refractivity contribution in [2.45, 2.75) is 19.9 Å². The quantitative estimate of drug-likeness (QED) is 0.551. The number of hydrogen-bond donors (Lipinski definition) is 0. The summed E-state index contributed by atoms with van der Waals surface area (Å²) in [5, 5.41) is 8.67. The van der Waals surface area contributed by atoms with Crippen molar-refractivity contribution >= 4 is 0 Å². The van der Waals surface area contributed by atoms with Gasteiger partial charge in [0.15, 0.2) is 12.3 Å². The van der Waals surface area contributed by atoms with Crippen LogP contribution in [0.25, 0.3) is 0 Å². The molecule has 2 nitrogen and oxygen atoms in total. The van der Waals surface area contributed by atoms with Crippen molar-refractivity contribution in [2.24, 2.45) is 0 Å². The highest BCUT2D eigenvalue weighted by Crippen LogP contribution is 1.88. The van der Waals surface area contributed by atoms with Gasteiger partial charge >= 0.3 is 0 Å². The van der Waals surface area contributed by atoms with Crippen LogP contribution < -0.4 is 21.5 Å². The number of aryl methyl sites for hydroxylation is 1. The Balaban J connectivity index is 0.00000121. The van der Waals surface area contributed by atoms with E-state index in [9.17, 15) is 0 Å². The second-order valence-corrected chi connectivity index (χ2v) is 2.39. The number of nitrogens with zero attached hydrogens (tertiary/aromatic N) is 2. The van der Waals surface area contributed by atoms with E-state index in [1.165, 1.54) is 0 Å². The summed E-state index contributed by atoms with van der Waals surface area (Å²) >= 11 is 0. The zero-order valence-corrected chi connectivity index (χ0v) is 8.58. The topological polar surface area (TPSA) is 27.7 Å². The molecular weight excluding hydrogens is 216 g/mol. The predicted molar refractivity (Wildman–Crippen MR) is 41.6 cm³/mol. The maximum atomic E-state index is 8.67. The summed E-state index contributed by atoms with van der Waals surface area (Å²) in [7, 11) is 0. The van der Waals surface area contributed by atoms with E-state index in [4.69, 9.17) is 5.26 Å². The van der Waals surface area contributed by atoms with E-state index >= 15 is 0 Å². The van der Waals surface area contributed by atoms with Crippen LogP contribution in [0, 0.1) is 11.3 Å². The lowest BCUT2D eigenvalue weighted by Crippen LogP contribution is -3.00. The molecular formula is C9H11BrN2. The first-order chi connectivity index (χ1) is 5.38. The minimum absolute atomic E-state index is 0. The molecule has 1 heterocycles. The first kappa shape index (κ1) is 11.1. The molecule has 1 aromatic heterocycles. The molecule has 0 amide bonds. The summed E-state index contributed by atoms with van der Waals surface area (Å²) < 4.78 is 1.96. The predicted octanol–water partition coefficient (Wildman–Crippen LogP) is -1.74. The van der Waals surface area contributed by atoms with E-state index in [0.717, 1.165) is 18.7 Å². The molecule has 0 aliphatic heterocycles. The Hall–Kier alpha value is -0.880. The number of aromatic nitrogens is 1. The van der Waals surface area contributed by atoms with Gasteiger partial charge in [0, 0.05) is 18.6 Å². The molecule has 12 heavy (non-hydrogen) atoms. The number of rotatable bonds is 2. The Kier molecular flexibility index (Phi) is 5.31. The Bertz CT molecular complexity index is 278. The maximum Gasteiger partial charge on any atom is 0.283 e. The standard InChI is InChI=1S/C9H11N2.BrH/c1-2-6-11-7-4-3-5-9(11)8-10;/h3-5,7H,2,6H2,1H3;1H/q+1;/p-1. The smallest absolute Gasteiger partial charge is 0.283 e. The molecule has 0 aliphatic carbocycles. The molecule has 0 aliphatic rings. The second kappa shape index (κ2) is 5.73. The molecule has 0 saturated carbocycles. The van der Waals surface area contributed by atoms with E-state index in [1.54, 1.807) is 0 Å². The summed E-state index contributed by atoms with van der Waals surface area (Å²) in [4.78, 5) is 0. The van der Waals surface area contributed by atoms with Gasteiger partial charge in [0.1, 0.15) is 6.54 Å². The molecule has 0 unspecified atom stereocenters. The van der Waals surface area contributed by atoms with Crippen molar-refractivity contribution in [1.29, 1.82) is 5.26 Å². The molecule has 3 heteroatoms. The van der Waals surface area contributed by atoms with Crippen molar-refractivity contribution in [2.75, 3.05) is 0 Å². The number of halogens is 1. The van der Waals surface area contributed by atoms with Gasteiger partial charge < -0.3 is 17.0 Å². The lowest BCUT2D eigenvalue weighted by atomic mass is 10.3. The molecule has 0 saturated heterocycles. The highest BCUT2D eigenvalue weighted by molar-refractivity contribution is 5.12. The Morgan fingerprint density at radius 2 is 2.25 bits per heavy atom. The van der Waals surface area contributed by atoms with Gasteiger partial charge in [-0.05, 0) is 6.07 Å². The molecule has 1 aromatic rings. The Labute approximate surface area is 83.2 Å². The number of nitriles is 1. The summed E-state index contributed by atoms with van der Waals surface area (Å²) in [6, 6.07) is 7.79. The number of hydrogen-bond acceptors (Lipinski definition) is 1. The third kappa shape index (κ3) is 2.63. The fourth-order valence-corrected chi connectivity index (χ4v) is 1.01. The third-order valence-corrected chi connectivity index (χ3v) is 1.52. The normalized spacial score (nSPS) is 8.33. The van der Waals surface area contributed by atoms with Crippen molar-refractivity contribution in [1.82, 2.24) is 0 Å². The van der Waals surface area contributed by atoms with Crippen molar-refractivity contribution in [3.8, 4) is 6.07 Å². The van der Waals surface area contributed by atoms with Crippen LogP contribution in [0.5, 0.6) is 0 Å². The van der Waals surface area contributed by atoms with Crippen LogP contribution in [-0.2, 0) is 6.54 Å². The van der Waals surface area contributed by atoms with E-state index < -0.39 is 0 Å². The molecule has 0 spiro atoms. The average Bonchev–Trinajstić information content (AvgIpc) is 2.06. The van der Waals surface area contributed by atoms with Crippen molar-refractivity contribution < 1.29 is 21.5 Å². The zero-order chi connectivity index (χ0) is 8.10. The first-order valence-electron chi connectivity index (χ1n) is 3.77. The Morgan fingerprint density at radius 1 is 1.50 bits per heavy atom. The van der Waals surface area contributed by atoms with Crippen LogP contribution in [0.15, 0.2) is 24.4 Å². The molecule has 1 rings (SSSR count). The van der Waals surface area contributed by atoms with Gasteiger partial charge in [-0.2, -0.15) is 9.83 Å². The van der Waals surface area contributed by atoms with Gasteiger partial charge in [-0.1, -0.05) is 6.92 Å². The molecule has 0 bridgehead atoms. The highest BCUT2D eigenvalue weighted by Gasteiger charge is 2.04. The van der Waals surface area contributed by atoms with Crippen molar-refractivity contribution in [3.63, 3.8) is 0 Å². The van der Waals surface area contributed by atoms with Gasteiger partial charge in [0.05, 0.1) is 0 Å². The van der Waals surface area contributed by atoms with Gasteiger partial charge in [-0.25, -0.2) is 0 Å². The molecule has 0 aromatic carbocycles. The maximum absolute atomic E-state index is 8.67. The van der Waals surface area contributed by atoms with Crippen LogP contribution in [0.2, 0.25) is 0 Å². The third-order valence-electron chi connectivity index (χ3n) is 1.52. The van der Waals surface area contributed by atoms with Crippen LogP contribution in [0.1, 0.15) is 19.0 Å². The zero-order valence-electron chi connectivity index (χ0n) is 7.00. The van der Waals surface area contributed by atoms with E-state index in [-0.39, 0.29) is 17.0 Å². The minimum Gasteiger partial charge on any atom is -1.00 e. The summed E-state index contributed by atoms with van der Waals surface area (Å²) in [6.45, 7) is 3.02. The fraction of sp³-hybridized carbons (Fsp3) is 0.333. The van der Waals surface area contributed by atoms with E-state index in [1.807, 2.05) is 29.0 Å². The Morgan fingerprint density at radius 3 is 2.83 bits per heavy atom. The number of pyridine rings is 1. The van der Waals surface area contributed by atoms with E-state index in [0.29, 0.717) is 0 Å². The summed E-state index contributed by atoms with van der Waals surface area (Å²) in [5.41, 5.74) is 0.731. The summed E-state index contributed by atoms with van der Waals surface area (Å²) in [6.07, 6.45) is 2.99. The van der Waals surface area contributed by atoms with Crippen LogP contribution in [-0.4, -0.2) is 0 Å². The monoisotopic (exact) mass is 226 g/mol. The molecule has 64 valence electrons. The molecule has 0 N–H and O–H groups in total.